The first-order valence-corrected chi connectivity index (χ1v) is 7.68. The Kier molecular flexibility index (Phi) is 5.27. The second-order valence-corrected chi connectivity index (χ2v) is 6.17. The Balaban J connectivity index is 1.91. The van der Waals surface area contributed by atoms with Crippen molar-refractivity contribution in [2.24, 2.45) is 5.92 Å². The van der Waals surface area contributed by atoms with Gasteiger partial charge >= 0.3 is 0 Å². The Hall–Kier alpha value is -1.51. The van der Waals surface area contributed by atoms with Gasteiger partial charge in [-0.2, -0.15) is 4.37 Å². The molecule has 1 aliphatic heterocycles. The predicted octanol–water partition coefficient (Wildman–Crippen LogP) is 0.781. The Bertz CT molecular complexity index is 511. The van der Waals surface area contributed by atoms with Crippen molar-refractivity contribution < 1.29 is 14.8 Å². The highest BCUT2D eigenvalue weighted by molar-refractivity contribution is 7.08. The van der Waals surface area contributed by atoms with Gasteiger partial charge in [0.1, 0.15) is 4.88 Å². The normalized spacial score (nSPS) is 18.2. The van der Waals surface area contributed by atoms with Crippen LogP contribution in [0.1, 0.15) is 41.2 Å². The van der Waals surface area contributed by atoms with Gasteiger partial charge in [0.15, 0.2) is 0 Å². The molecule has 0 unspecified atom stereocenters. The molecule has 7 nitrogen and oxygen atoms in total. The van der Waals surface area contributed by atoms with Gasteiger partial charge in [-0.1, -0.05) is 0 Å². The van der Waals surface area contributed by atoms with Crippen molar-refractivity contribution in [3.05, 3.63) is 16.6 Å². The quantitative estimate of drug-likeness (QED) is 0.564. The summed E-state index contributed by atoms with van der Waals surface area (Å²) in [6.07, 6.45) is 1.73. The topological polar surface area (TPSA) is 94.6 Å². The van der Waals surface area contributed by atoms with Gasteiger partial charge in [-0.3, -0.25) is 14.8 Å². The fourth-order valence-corrected chi connectivity index (χ4v) is 3.05. The van der Waals surface area contributed by atoms with Crippen molar-refractivity contribution in [2.45, 2.75) is 25.8 Å². The molecule has 0 radical (unpaired) electrons. The summed E-state index contributed by atoms with van der Waals surface area (Å²) in [5.74, 6) is -0.508. The number of carbonyl (C=O) groups excluding carboxylic acids is 2. The van der Waals surface area contributed by atoms with Gasteiger partial charge in [0.2, 0.25) is 5.91 Å². The highest BCUT2D eigenvalue weighted by Crippen LogP contribution is 2.20. The Labute approximate surface area is 127 Å². The summed E-state index contributed by atoms with van der Waals surface area (Å²) in [6, 6.07) is 1.32. The summed E-state index contributed by atoms with van der Waals surface area (Å²) in [7, 11) is 2.06. The maximum Gasteiger partial charge on any atom is 0.286 e. The van der Waals surface area contributed by atoms with Crippen LogP contribution in [0.2, 0.25) is 0 Å². The molecule has 1 aromatic heterocycles. The predicted molar refractivity (Wildman–Crippen MR) is 78.1 cm³/mol. The van der Waals surface area contributed by atoms with E-state index in [-0.39, 0.29) is 17.9 Å². The zero-order valence-corrected chi connectivity index (χ0v) is 12.9. The molecule has 1 atom stereocenters. The molecule has 2 rings (SSSR count). The lowest BCUT2D eigenvalue weighted by atomic mass is 9.96. The van der Waals surface area contributed by atoms with E-state index < -0.39 is 5.91 Å². The number of amides is 2. The van der Waals surface area contributed by atoms with Gasteiger partial charge in [0.05, 0.1) is 11.7 Å². The SMILES string of the molecule is C[C@H](NC(=O)C1CCN(C)CC1)c1cc(C(=O)NO)sn1. The van der Waals surface area contributed by atoms with Crippen molar-refractivity contribution in [1.29, 1.82) is 0 Å². The molecule has 0 aliphatic carbocycles. The van der Waals surface area contributed by atoms with E-state index in [1.165, 1.54) is 0 Å². The van der Waals surface area contributed by atoms with Crippen LogP contribution < -0.4 is 10.8 Å². The van der Waals surface area contributed by atoms with Crippen LogP contribution in [0.3, 0.4) is 0 Å². The summed E-state index contributed by atoms with van der Waals surface area (Å²) in [5.41, 5.74) is 2.19. The third-order valence-electron chi connectivity index (χ3n) is 3.75. The van der Waals surface area contributed by atoms with Crippen molar-refractivity contribution in [3.8, 4) is 0 Å². The van der Waals surface area contributed by atoms with Crippen molar-refractivity contribution in [2.75, 3.05) is 20.1 Å². The van der Waals surface area contributed by atoms with E-state index in [9.17, 15) is 9.59 Å². The van der Waals surface area contributed by atoms with Crippen LogP contribution in [-0.2, 0) is 4.79 Å². The molecule has 0 spiro atoms. The first-order chi connectivity index (χ1) is 10.0. The number of nitrogens with zero attached hydrogens (tertiary/aromatic N) is 2. The summed E-state index contributed by atoms with van der Waals surface area (Å²) in [4.78, 5) is 26.0. The molecule has 3 N–H and O–H groups in total. The molecule has 1 aliphatic rings. The molecule has 21 heavy (non-hydrogen) atoms. The van der Waals surface area contributed by atoms with Crippen LogP contribution in [0, 0.1) is 5.92 Å². The number of aromatic nitrogens is 1. The van der Waals surface area contributed by atoms with E-state index in [1.54, 1.807) is 11.5 Å². The number of nitrogens with one attached hydrogen (secondary N) is 2. The lowest BCUT2D eigenvalue weighted by Gasteiger charge is -2.28. The first-order valence-electron chi connectivity index (χ1n) is 6.91. The average Bonchev–Trinajstić information content (AvgIpc) is 2.97. The van der Waals surface area contributed by atoms with E-state index in [0.29, 0.717) is 10.6 Å². The minimum atomic E-state index is -0.590. The maximum absolute atomic E-state index is 12.2. The van der Waals surface area contributed by atoms with Crippen molar-refractivity contribution in [3.63, 3.8) is 0 Å². The standard InChI is InChI=1S/C13H20N4O3S/c1-8(10-7-11(21-16-10)13(19)15-20)14-12(18)9-3-5-17(2)6-4-9/h7-9,20H,3-6H2,1-2H3,(H,14,18)(H,15,19)/t8-/m0/s1. The molecule has 0 saturated carbocycles. The summed E-state index contributed by atoms with van der Waals surface area (Å²) < 4.78 is 4.14. The summed E-state index contributed by atoms with van der Waals surface area (Å²) in [5, 5.41) is 11.5. The number of carbonyl (C=O) groups is 2. The highest BCUT2D eigenvalue weighted by Gasteiger charge is 2.25. The van der Waals surface area contributed by atoms with Gasteiger partial charge in [-0.05, 0) is 57.5 Å². The number of hydrogen-bond acceptors (Lipinski definition) is 6. The summed E-state index contributed by atoms with van der Waals surface area (Å²) >= 11 is 0.994. The van der Waals surface area contributed by atoms with Gasteiger partial charge in [0, 0.05) is 5.92 Å². The minimum Gasteiger partial charge on any atom is -0.348 e. The van der Waals surface area contributed by atoms with Crippen LogP contribution in [0.15, 0.2) is 6.07 Å². The smallest absolute Gasteiger partial charge is 0.286 e. The third kappa shape index (κ3) is 3.99. The molecule has 1 saturated heterocycles. The Morgan fingerprint density at radius 2 is 2.14 bits per heavy atom. The number of piperidine rings is 1. The zero-order chi connectivity index (χ0) is 15.4. The number of rotatable bonds is 4. The average molecular weight is 312 g/mol. The van der Waals surface area contributed by atoms with Crippen LogP contribution in [-0.4, -0.2) is 46.4 Å². The number of likely N-dealkylation sites (tertiary alicyclic amines) is 1. The van der Waals surface area contributed by atoms with E-state index in [4.69, 9.17) is 5.21 Å². The molecular formula is C13H20N4O3S. The van der Waals surface area contributed by atoms with E-state index >= 15 is 0 Å². The number of hydrogen-bond donors (Lipinski definition) is 3. The molecular weight excluding hydrogens is 292 g/mol. The molecule has 8 heteroatoms. The molecule has 116 valence electrons. The highest BCUT2D eigenvalue weighted by atomic mass is 32.1. The second kappa shape index (κ2) is 6.97. The second-order valence-electron chi connectivity index (χ2n) is 5.36. The van der Waals surface area contributed by atoms with Gasteiger partial charge in [-0.25, -0.2) is 5.48 Å². The fourth-order valence-electron chi connectivity index (χ4n) is 2.33. The lowest BCUT2D eigenvalue weighted by Crippen LogP contribution is -2.39. The first kappa shape index (κ1) is 15.9. The molecule has 2 heterocycles. The third-order valence-corrected chi connectivity index (χ3v) is 4.55. The van der Waals surface area contributed by atoms with E-state index in [2.05, 4.69) is 21.6 Å². The van der Waals surface area contributed by atoms with Gasteiger partial charge in [-0.15, -0.1) is 0 Å². The molecule has 1 fully saturated rings. The monoisotopic (exact) mass is 312 g/mol. The van der Waals surface area contributed by atoms with Crippen LogP contribution in [0.5, 0.6) is 0 Å². The van der Waals surface area contributed by atoms with Crippen LogP contribution in [0.4, 0.5) is 0 Å². The van der Waals surface area contributed by atoms with Crippen molar-refractivity contribution in [1.82, 2.24) is 20.1 Å². The molecule has 0 aromatic carbocycles. The molecule has 1 aromatic rings. The molecule has 2 amide bonds. The minimum absolute atomic E-state index is 0.0387. The summed E-state index contributed by atoms with van der Waals surface area (Å²) in [6.45, 7) is 3.70. The maximum atomic E-state index is 12.2. The zero-order valence-electron chi connectivity index (χ0n) is 12.1. The lowest BCUT2D eigenvalue weighted by molar-refractivity contribution is -0.127. The van der Waals surface area contributed by atoms with Crippen LogP contribution in [0.25, 0.3) is 0 Å². The largest absolute Gasteiger partial charge is 0.348 e. The van der Waals surface area contributed by atoms with Gasteiger partial charge in [0.25, 0.3) is 5.91 Å². The van der Waals surface area contributed by atoms with E-state index in [1.807, 2.05) is 6.92 Å². The van der Waals surface area contributed by atoms with Crippen LogP contribution >= 0.6 is 11.5 Å². The number of hydroxylamine groups is 1. The van der Waals surface area contributed by atoms with Crippen molar-refractivity contribution >= 4 is 23.3 Å². The molecule has 0 bridgehead atoms. The Morgan fingerprint density at radius 3 is 2.76 bits per heavy atom. The van der Waals surface area contributed by atoms with Gasteiger partial charge < -0.3 is 10.2 Å². The Morgan fingerprint density at radius 1 is 1.48 bits per heavy atom. The van der Waals surface area contributed by atoms with E-state index in [0.717, 1.165) is 37.5 Å². The fraction of sp³-hybridized carbons (Fsp3) is 0.615.